The predicted octanol–water partition coefficient (Wildman–Crippen LogP) is 4.17. The van der Waals surface area contributed by atoms with Crippen molar-refractivity contribution in [2.75, 3.05) is 0 Å². The van der Waals surface area contributed by atoms with Gasteiger partial charge in [0.2, 0.25) is 0 Å². The van der Waals surface area contributed by atoms with Gasteiger partial charge in [0, 0.05) is 5.41 Å². The van der Waals surface area contributed by atoms with Crippen LogP contribution in [0, 0.1) is 47.3 Å². The summed E-state index contributed by atoms with van der Waals surface area (Å²) in [5, 5.41) is 23.7. The van der Waals surface area contributed by atoms with Crippen LogP contribution in [-0.4, -0.2) is 21.6 Å². The molecule has 1 unspecified atom stereocenters. The minimum absolute atomic E-state index is 0.199. The highest BCUT2D eigenvalue weighted by atomic mass is 16.4. The fraction of sp³-hybridized carbons (Fsp3) is 0.682. The molecule has 0 radical (unpaired) electrons. The number of oxime groups is 1. The lowest BCUT2D eigenvalue weighted by Gasteiger charge is -2.57. The lowest BCUT2D eigenvalue weighted by Crippen LogP contribution is -2.55. The lowest BCUT2D eigenvalue weighted by molar-refractivity contribution is -0.102. The standard InChI is InChI=1S/C22H29NO2/c1-4-14-13-21(3)19(10-11-22(21,24)5-2)18-8-6-15-12-16(23-25)7-9-17(15)20(14)18/h2,4,12,14,17-20,24-25H,1,6-11,13H2,3H3/t14?,17-,18-,19-,20+,21-,22+/m0/s1. The minimum Gasteiger partial charge on any atom is -0.411 e. The Labute approximate surface area is 150 Å². The maximum absolute atomic E-state index is 11.1. The molecule has 0 spiro atoms. The first kappa shape index (κ1) is 16.9. The molecule has 3 heteroatoms. The van der Waals surface area contributed by atoms with Gasteiger partial charge in [-0.2, -0.15) is 0 Å². The average Bonchev–Trinajstić information content (AvgIpc) is 2.91. The van der Waals surface area contributed by atoms with Crippen LogP contribution in [0.1, 0.15) is 51.9 Å². The van der Waals surface area contributed by atoms with Crippen LogP contribution in [0.3, 0.4) is 0 Å². The van der Waals surface area contributed by atoms with Gasteiger partial charge in [-0.3, -0.25) is 0 Å². The van der Waals surface area contributed by atoms with E-state index in [0.29, 0.717) is 29.6 Å². The van der Waals surface area contributed by atoms with Crippen molar-refractivity contribution in [2.24, 2.45) is 40.2 Å². The number of allylic oxidation sites excluding steroid dienone is 3. The quantitative estimate of drug-likeness (QED) is 0.326. The first-order valence-electron chi connectivity index (χ1n) is 9.71. The number of terminal acetylenes is 1. The van der Waals surface area contributed by atoms with Crippen LogP contribution in [0.5, 0.6) is 0 Å². The van der Waals surface area contributed by atoms with Gasteiger partial charge in [-0.15, -0.1) is 13.0 Å². The van der Waals surface area contributed by atoms with Gasteiger partial charge >= 0.3 is 0 Å². The van der Waals surface area contributed by atoms with Crippen molar-refractivity contribution in [3.63, 3.8) is 0 Å². The summed E-state index contributed by atoms with van der Waals surface area (Å²) >= 11 is 0. The van der Waals surface area contributed by atoms with Gasteiger partial charge in [-0.1, -0.05) is 29.6 Å². The molecule has 0 heterocycles. The first-order chi connectivity index (χ1) is 12.0. The molecule has 0 amide bonds. The zero-order valence-corrected chi connectivity index (χ0v) is 15.1. The van der Waals surface area contributed by atoms with Gasteiger partial charge in [0.1, 0.15) is 5.60 Å². The minimum atomic E-state index is -0.969. The second-order valence-corrected chi connectivity index (χ2v) is 8.91. The molecule has 4 aliphatic carbocycles. The number of hydrogen-bond acceptors (Lipinski definition) is 3. The summed E-state index contributed by atoms with van der Waals surface area (Å²) in [4.78, 5) is 0. The second kappa shape index (κ2) is 5.74. The SMILES string of the molecule is C#C[C@@]1(O)CC[C@H]2[C@@H]3CCC4=CC(=NO)CC[C@@H]4[C@H]3C(C=C)C[C@@]21C. The molecule has 3 fully saturated rings. The molecule has 4 rings (SSSR count). The maximum atomic E-state index is 11.1. The Morgan fingerprint density at radius 1 is 1.36 bits per heavy atom. The van der Waals surface area contributed by atoms with Crippen LogP contribution in [0.15, 0.2) is 29.5 Å². The molecular formula is C22H29NO2. The van der Waals surface area contributed by atoms with E-state index in [2.05, 4.69) is 36.7 Å². The monoisotopic (exact) mass is 339 g/mol. The molecule has 0 aromatic rings. The van der Waals surface area contributed by atoms with Crippen LogP contribution in [-0.2, 0) is 0 Å². The lowest BCUT2D eigenvalue weighted by atomic mass is 9.47. The third kappa shape index (κ3) is 2.20. The Kier molecular flexibility index (Phi) is 3.88. The van der Waals surface area contributed by atoms with Crippen molar-refractivity contribution in [1.82, 2.24) is 0 Å². The van der Waals surface area contributed by atoms with E-state index in [1.165, 1.54) is 5.57 Å². The van der Waals surface area contributed by atoms with E-state index in [0.717, 1.165) is 50.7 Å². The highest BCUT2D eigenvalue weighted by Crippen LogP contribution is 2.66. The summed E-state index contributed by atoms with van der Waals surface area (Å²) in [6.07, 6.45) is 16.9. The molecule has 2 N–H and O–H groups in total. The molecule has 0 saturated heterocycles. The van der Waals surface area contributed by atoms with E-state index >= 15 is 0 Å². The summed E-state index contributed by atoms with van der Waals surface area (Å²) in [5.74, 6) is 5.42. The second-order valence-electron chi connectivity index (χ2n) is 8.91. The summed E-state index contributed by atoms with van der Waals surface area (Å²) in [5.41, 5.74) is 1.11. The van der Waals surface area contributed by atoms with Crippen LogP contribution in [0.4, 0.5) is 0 Å². The number of fused-ring (bicyclic) bond motifs is 5. The molecule has 25 heavy (non-hydrogen) atoms. The molecule has 3 nitrogen and oxygen atoms in total. The molecule has 0 aliphatic heterocycles. The number of nitrogens with zero attached hydrogens (tertiary/aromatic N) is 1. The van der Waals surface area contributed by atoms with Gasteiger partial charge < -0.3 is 10.3 Å². The van der Waals surface area contributed by atoms with E-state index in [1.54, 1.807) is 0 Å². The van der Waals surface area contributed by atoms with E-state index in [1.807, 2.05) is 0 Å². The molecule has 7 atom stereocenters. The van der Waals surface area contributed by atoms with Crippen LogP contribution in [0.25, 0.3) is 0 Å². The Hall–Kier alpha value is -1.53. The van der Waals surface area contributed by atoms with Crippen molar-refractivity contribution in [3.05, 3.63) is 24.3 Å². The zero-order valence-electron chi connectivity index (χ0n) is 15.1. The van der Waals surface area contributed by atoms with E-state index < -0.39 is 5.60 Å². The summed E-state index contributed by atoms with van der Waals surface area (Å²) in [6.45, 7) is 6.37. The van der Waals surface area contributed by atoms with Crippen molar-refractivity contribution in [1.29, 1.82) is 0 Å². The molecule has 0 aromatic heterocycles. The number of aliphatic hydroxyl groups is 1. The third-order valence-corrected chi connectivity index (χ3v) is 8.19. The Morgan fingerprint density at radius 3 is 2.84 bits per heavy atom. The van der Waals surface area contributed by atoms with Gasteiger partial charge in [-0.25, -0.2) is 0 Å². The molecule has 134 valence electrons. The van der Waals surface area contributed by atoms with Crippen LogP contribution < -0.4 is 0 Å². The molecule has 4 aliphatic rings. The topological polar surface area (TPSA) is 52.8 Å². The fourth-order valence-electron chi connectivity index (χ4n) is 6.95. The van der Waals surface area contributed by atoms with E-state index in [9.17, 15) is 5.11 Å². The molecular weight excluding hydrogens is 310 g/mol. The molecule has 0 aromatic carbocycles. The highest BCUT2D eigenvalue weighted by molar-refractivity contribution is 5.96. The highest BCUT2D eigenvalue weighted by Gasteiger charge is 2.63. The van der Waals surface area contributed by atoms with Crippen molar-refractivity contribution in [2.45, 2.75) is 57.5 Å². The van der Waals surface area contributed by atoms with E-state index in [4.69, 9.17) is 11.6 Å². The van der Waals surface area contributed by atoms with Crippen molar-refractivity contribution in [3.8, 4) is 12.3 Å². The molecule has 0 bridgehead atoms. The first-order valence-corrected chi connectivity index (χ1v) is 9.71. The number of hydrogen-bond donors (Lipinski definition) is 2. The van der Waals surface area contributed by atoms with Crippen molar-refractivity contribution < 1.29 is 10.3 Å². The van der Waals surface area contributed by atoms with Gasteiger partial charge in [0.15, 0.2) is 0 Å². The Bertz CT molecular complexity index is 687. The molecule has 3 saturated carbocycles. The predicted molar refractivity (Wildman–Crippen MR) is 99.2 cm³/mol. The van der Waals surface area contributed by atoms with Gasteiger partial charge in [0.25, 0.3) is 0 Å². The summed E-state index contributed by atoms with van der Waals surface area (Å²) in [6, 6.07) is 0. The van der Waals surface area contributed by atoms with E-state index in [-0.39, 0.29) is 5.41 Å². The Morgan fingerprint density at radius 2 is 2.16 bits per heavy atom. The normalized spacial score (nSPS) is 50.2. The average molecular weight is 339 g/mol. The van der Waals surface area contributed by atoms with Gasteiger partial charge in [-0.05, 0) is 80.6 Å². The smallest absolute Gasteiger partial charge is 0.130 e. The zero-order chi connectivity index (χ0) is 17.8. The Balaban J connectivity index is 1.72. The van der Waals surface area contributed by atoms with Crippen molar-refractivity contribution >= 4 is 5.71 Å². The fourth-order valence-corrected chi connectivity index (χ4v) is 6.95. The largest absolute Gasteiger partial charge is 0.411 e. The van der Waals surface area contributed by atoms with Crippen LogP contribution in [0.2, 0.25) is 0 Å². The number of rotatable bonds is 1. The summed E-state index contributed by atoms with van der Waals surface area (Å²) < 4.78 is 0. The van der Waals surface area contributed by atoms with Gasteiger partial charge in [0.05, 0.1) is 5.71 Å². The third-order valence-electron chi connectivity index (χ3n) is 8.19. The van der Waals surface area contributed by atoms with Crippen LogP contribution >= 0.6 is 0 Å². The maximum Gasteiger partial charge on any atom is 0.130 e. The summed E-state index contributed by atoms with van der Waals surface area (Å²) in [7, 11) is 0.